The predicted molar refractivity (Wildman–Crippen MR) is 117 cm³/mol. The van der Waals surface area contributed by atoms with Gasteiger partial charge in [-0.15, -0.1) is 0 Å². The first kappa shape index (κ1) is 21.5. The van der Waals surface area contributed by atoms with Gasteiger partial charge in [-0.2, -0.15) is 0 Å². The van der Waals surface area contributed by atoms with Crippen LogP contribution in [0.5, 0.6) is 5.75 Å². The van der Waals surface area contributed by atoms with E-state index in [1.807, 2.05) is 25.1 Å². The summed E-state index contributed by atoms with van der Waals surface area (Å²) < 4.78 is 31.7. The number of benzene rings is 2. The molecule has 0 saturated carbocycles. The van der Waals surface area contributed by atoms with E-state index in [0.717, 1.165) is 23.1 Å². The SMILES string of the molecule is Cc1cccc(C(C)C)c1NC(=O)[C@H]1CCN(S(C)(=O)=O)c2cc(Cl)ccc2O1. The first-order valence-corrected chi connectivity index (χ1v) is 11.6. The number of anilines is 2. The highest BCUT2D eigenvalue weighted by Gasteiger charge is 2.32. The Hall–Kier alpha value is -2.25. The lowest BCUT2D eigenvalue weighted by Crippen LogP contribution is -2.36. The van der Waals surface area contributed by atoms with Crippen molar-refractivity contribution in [3.05, 3.63) is 52.5 Å². The Morgan fingerprint density at radius 3 is 2.66 bits per heavy atom. The number of amides is 1. The zero-order chi connectivity index (χ0) is 21.3. The lowest BCUT2D eigenvalue weighted by molar-refractivity contribution is -0.122. The van der Waals surface area contributed by atoms with E-state index in [9.17, 15) is 13.2 Å². The Balaban J connectivity index is 1.92. The number of carbonyl (C=O) groups excluding carboxylic acids is 1. The Morgan fingerprint density at radius 2 is 2.00 bits per heavy atom. The first-order valence-electron chi connectivity index (χ1n) is 9.42. The molecule has 1 aliphatic heterocycles. The van der Waals surface area contributed by atoms with Gasteiger partial charge in [-0.05, 0) is 42.2 Å². The number of nitrogens with zero attached hydrogens (tertiary/aromatic N) is 1. The minimum absolute atomic E-state index is 0.120. The second kappa shape index (κ2) is 8.24. The van der Waals surface area contributed by atoms with Gasteiger partial charge in [0.25, 0.3) is 5.91 Å². The fourth-order valence-corrected chi connectivity index (χ4v) is 4.53. The highest BCUT2D eigenvalue weighted by Crippen LogP contribution is 2.37. The summed E-state index contributed by atoms with van der Waals surface area (Å²) in [7, 11) is -3.55. The molecular weight excluding hydrogens is 412 g/mol. The van der Waals surface area contributed by atoms with Crippen LogP contribution in [-0.2, 0) is 14.8 Å². The number of nitrogens with one attached hydrogen (secondary N) is 1. The quantitative estimate of drug-likeness (QED) is 0.774. The molecule has 1 atom stereocenters. The molecule has 8 heteroatoms. The highest BCUT2D eigenvalue weighted by atomic mass is 35.5. The lowest BCUT2D eigenvalue weighted by atomic mass is 9.98. The third-order valence-corrected chi connectivity index (χ3v) is 6.34. The Morgan fingerprint density at radius 1 is 1.28 bits per heavy atom. The number of rotatable bonds is 4. The maximum atomic E-state index is 13.1. The van der Waals surface area contributed by atoms with Crippen LogP contribution < -0.4 is 14.4 Å². The summed E-state index contributed by atoms with van der Waals surface area (Å²) in [6, 6.07) is 10.6. The van der Waals surface area contributed by atoms with Gasteiger partial charge in [0.15, 0.2) is 6.10 Å². The third-order valence-electron chi connectivity index (χ3n) is 4.92. The maximum absolute atomic E-state index is 13.1. The van der Waals surface area contributed by atoms with Gasteiger partial charge in [0, 0.05) is 23.7 Å². The number of sulfonamides is 1. The molecule has 1 aliphatic rings. The molecular formula is C21H25ClN2O4S. The largest absolute Gasteiger partial charge is 0.478 e. The van der Waals surface area contributed by atoms with Crippen LogP contribution in [0.25, 0.3) is 0 Å². The van der Waals surface area contributed by atoms with Gasteiger partial charge < -0.3 is 10.1 Å². The van der Waals surface area contributed by atoms with Crippen molar-refractivity contribution in [2.75, 3.05) is 22.4 Å². The molecule has 29 heavy (non-hydrogen) atoms. The molecule has 6 nitrogen and oxygen atoms in total. The topological polar surface area (TPSA) is 75.7 Å². The van der Waals surface area contributed by atoms with E-state index in [0.29, 0.717) is 16.5 Å². The highest BCUT2D eigenvalue weighted by molar-refractivity contribution is 7.92. The fraction of sp³-hybridized carbons (Fsp3) is 0.381. The van der Waals surface area contributed by atoms with Gasteiger partial charge in [-0.3, -0.25) is 9.10 Å². The number of hydrogen-bond donors (Lipinski definition) is 1. The van der Waals surface area contributed by atoms with Crippen LogP contribution in [0.1, 0.15) is 37.3 Å². The van der Waals surface area contributed by atoms with Gasteiger partial charge in [-0.25, -0.2) is 8.42 Å². The van der Waals surface area contributed by atoms with E-state index in [4.69, 9.17) is 16.3 Å². The number of fused-ring (bicyclic) bond motifs is 1. The third kappa shape index (κ3) is 4.67. The molecule has 2 aromatic rings. The van der Waals surface area contributed by atoms with Crippen molar-refractivity contribution in [1.29, 1.82) is 0 Å². The van der Waals surface area contributed by atoms with Crippen molar-refractivity contribution in [1.82, 2.24) is 0 Å². The molecule has 0 radical (unpaired) electrons. The molecule has 0 fully saturated rings. The summed E-state index contributed by atoms with van der Waals surface area (Å²) in [5.41, 5.74) is 3.12. The molecule has 156 valence electrons. The molecule has 0 saturated heterocycles. The second-order valence-electron chi connectivity index (χ2n) is 7.53. The molecule has 1 amide bonds. The minimum Gasteiger partial charge on any atom is -0.478 e. The van der Waals surface area contributed by atoms with E-state index in [1.165, 1.54) is 10.4 Å². The molecule has 0 unspecified atom stereocenters. The summed E-state index contributed by atoms with van der Waals surface area (Å²) in [5, 5.41) is 3.39. The lowest BCUT2D eigenvalue weighted by Gasteiger charge is -2.21. The summed E-state index contributed by atoms with van der Waals surface area (Å²) in [5.74, 6) is 0.243. The summed E-state index contributed by atoms with van der Waals surface area (Å²) in [4.78, 5) is 13.1. The molecule has 3 rings (SSSR count). The molecule has 1 N–H and O–H groups in total. The zero-order valence-electron chi connectivity index (χ0n) is 16.9. The maximum Gasteiger partial charge on any atom is 0.265 e. The van der Waals surface area contributed by atoms with Crippen molar-refractivity contribution in [2.45, 2.75) is 39.2 Å². The standard InChI is InChI=1S/C21H25ClN2O4S/c1-13(2)16-7-5-6-14(3)20(16)23-21(25)19-10-11-24(29(4,26)27)17-12-15(22)8-9-18(17)28-19/h5-9,12-13,19H,10-11H2,1-4H3,(H,23,25)/t19-/m1/s1. The van der Waals surface area contributed by atoms with Gasteiger partial charge in [0.05, 0.1) is 11.9 Å². The van der Waals surface area contributed by atoms with Crippen LogP contribution in [0.2, 0.25) is 5.02 Å². The van der Waals surface area contributed by atoms with Gasteiger partial charge in [0.1, 0.15) is 5.75 Å². The Kier molecular flexibility index (Phi) is 6.10. The summed E-state index contributed by atoms with van der Waals surface area (Å²) in [6.07, 6.45) is 0.510. The van der Waals surface area contributed by atoms with Crippen molar-refractivity contribution in [3.63, 3.8) is 0 Å². The minimum atomic E-state index is -3.55. The number of ether oxygens (including phenoxy) is 1. The number of aryl methyl sites for hydroxylation is 1. The van der Waals surface area contributed by atoms with Crippen molar-refractivity contribution >= 4 is 38.9 Å². The van der Waals surface area contributed by atoms with Crippen molar-refractivity contribution in [2.24, 2.45) is 0 Å². The number of hydrogen-bond acceptors (Lipinski definition) is 4. The average Bonchev–Trinajstić information content (AvgIpc) is 2.82. The van der Waals surface area contributed by atoms with Crippen LogP contribution in [0.3, 0.4) is 0 Å². The van der Waals surface area contributed by atoms with Crippen LogP contribution in [0.15, 0.2) is 36.4 Å². The molecule has 0 aromatic heterocycles. The van der Waals surface area contributed by atoms with Crippen molar-refractivity contribution in [3.8, 4) is 5.75 Å². The van der Waals surface area contributed by atoms with Gasteiger partial charge in [-0.1, -0.05) is 43.6 Å². The smallest absolute Gasteiger partial charge is 0.265 e. The van der Waals surface area contributed by atoms with E-state index in [2.05, 4.69) is 19.2 Å². The van der Waals surface area contributed by atoms with Crippen LogP contribution in [-0.4, -0.2) is 33.2 Å². The van der Waals surface area contributed by atoms with Crippen LogP contribution in [0.4, 0.5) is 11.4 Å². The first-order chi connectivity index (χ1) is 13.6. The number of carbonyl (C=O) groups is 1. The van der Waals surface area contributed by atoms with E-state index >= 15 is 0 Å². The van der Waals surface area contributed by atoms with E-state index in [1.54, 1.807) is 12.1 Å². The Bertz CT molecular complexity index is 1040. The summed E-state index contributed by atoms with van der Waals surface area (Å²) in [6.45, 7) is 6.19. The monoisotopic (exact) mass is 436 g/mol. The average molecular weight is 437 g/mol. The van der Waals surface area contributed by atoms with Gasteiger partial charge >= 0.3 is 0 Å². The fourth-order valence-electron chi connectivity index (χ4n) is 3.43. The molecule has 0 spiro atoms. The normalized spacial score (nSPS) is 16.8. The van der Waals surface area contributed by atoms with E-state index in [-0.39, 0.29) is 24.8 Å². The van der Waals surface area contributed by atoms with Crippen LogP contribution in [0, 0.1) is 6.92 Å². The summed E-state index contributed by atoms with van der Waals surface area (Å²) >= 11 is 6.06. The molecule has 1 heterocycles. The molecule has 2 aromatic carbocycles. The number of halogens is 1. The predicted octanol–water partition coefficient (Wildman–Crippen LogP) is 4.33. The van der Waals surface area contributed by atoms with E-state index < -0.39 is 16.1 Å². The van der Waals surface area contributed by atoms with Gasteiger partial charge in [0.2, 0.25) is 10.0 Å². The number of para-hydroxylation sites is 1. The van der Waals surface area contributed by atoms with Crippen LogP contribution >= 0.6 is 11.6 Å². The molecule has 0 bridgehead atoms. The second-order valence-corrected chi connectivity index (χ2v) is 9.87. The Labute approximate surface area is 176 Å². The zero-order valence-corrected chi connectivity index (χ0v) is 18.5. The molecule has 0 aliphatic carbocycles. The van der Waals surface area contributed by atoms with Crippen molar-refractivity contribution < 1.29 is 17.9 Å².